The van der Waals surface area contributed by atoms with Gasteiger partial charge in [-0.1, -0.05) is 6.08 Å². The second-order valence-corrected chi connectivity index (χ2v) is 9.67. The molecule has 1 heterocycles. The summed E-state index contributed by atoms with van der Waals surface area (Å²) in [5.74, 6) is -1.47. The van der Waals surface area contributed by atoms with Gasteiger partial charge in [-0.15, -0.1) is 0 Å². The lowest BCUT2D eigenvalue weighted by Gasteiger charge is -2.37. The third-order valence-corrected chi connectivity index (χ3v) is 7.14. The normalized spacial score (nSPS) is 32.4. The molecule has 1 saturated carbocycles. The van der Waals surface area contributed by atoms with Gasteiger partial charge in [0.1, 0.15) is 12.5 Å². The van der Waals surface area contributed by atoms with Crippen molar-refractivity contribution in [2.45, 2.75) is 82.0 Å². The number of hydrogen-bond donors (Lipinski definition) is 3. The molecule has 3 rings (SSSR count). The Kier molecular flexibility index (Phi) is 9.31. The van der Waals surface area contributed by atoms with Gasteiger partial charge in [0.15, 0.2) is 0 Å². The van der Waals surface area contributed by atoms with E-state index in [0.717, 1.165) is 18.9 Å². The van der Waals surface area contributed by atoms with Crippen LogP contribution in [0.4, 0.5) is 26.3 Å². The molecule has 1 saturated heterocycles. The van der Waals surface area contributed by atoms with Crippen LogP contribution in [-0.2, 0) is 9.47 Å². The highest BCUT2D eigenvalue weighted by molar-refractivity contribution is 5.35. The molecule has 2 fully saturated rings. The smallest absolute Gasteiger partial charge is 0.379 e. The van der Waals surface area contributed by atoms with Gasteiger partial charge < -0.3 is 25.0 Å². The maximum Gasteiger partial charge on any atom is 0.416 e. The van der Waals surface area contributed by atoms with Crippen LogP contribution in [0.1, 0.15) is 39.0 Å². The van der Waals surface area contributed by atoms with E-state index in [-0.39, 0.29) is 36.7 Å². The van der Waals surface area contributed by atoms with Crippen molar-refractivity contribution in [2.24, 2.45) is 11.8 Å². The van der Waals surface area contributed by atoms with E-state index in [9.17, 15) is 36.6 Å². The molecular weight excluding hydrogens is 482 g/mol. The number of nitrogens with one attached hydrogen (secondary N) is 1. The predicted molar refractivity (Wildman–Crippen MR) is 115 cm³/mol. The van der Waals surface area contributed by atoms with Crippen molar-refractivity contribution in [3.8, 4) is 0 Å². The molecule has 12 heteroatoms. The zero-order valence-corrected chi connectivity index (χ0v) is 19.8. The largest absolute Gasteiger partial charge is 0.416 e. The van der Waals surface area contributed by atoms with Crippen LogP contribution in [-0.4, -0.2) is 85.0 Å². The zero-order valence-electron chi connectivity index (χ0n) is 19.8. The molecule has 6 nitrogen and oxygen atoms in total. The van der Waals surface area contributed by atoms with E-state index in [4.69, 9.17) is 9.47 Å². The second-order valence-electron chi connectivity index (χ2n) is 9.67. The summed E-state index contributed by atoms with van der Waals surface area (Å²) < 4.78 is 90.4. The minimum absolute atomic E-state index is 0.0671. The fourth-order valence-corrected chi connectivity index (χ4v) is 5.28. The molecule has 3 aliphatic rings. The lowest BCUT2D eigenvalue weighted by atomic mass is 9.88. The number of methoxy groups -OCH3 is 1. The fraction of sp³-hybridized carbons (Fsp3) is 0.826. The van der Waals surface area contributed by atoms with Gasteiger partial charge in [-0.25, -0.2) is 0 Å². The highest BCUT2D eigenvalue weighted by Gasteiger charge is 2.43. The Morgan fingerprint density at radius 3 is 2.46 bits per heavy atom. The van der Waals surface area contributed by atoms with E-state index in [1.165, 1.54) is 11.8 Å². The number of aliphatic hydroxyl groups excluding tert-OH is 2. The quantitative estimate of drug-likeness (QED) is 0.339. The zero-order chi connectivity index (χ0) is 26.0. The van der Waals surface area contributed by atoms with Gasteiger partial charge >= 0.3 is 12.4 Å². The lowest BCUT2D eigenvalue weighted by Crippen LogP contribution is -2.51. The first-order chi connectivity index (χ1) is 16.3. The summed E-state index contributed by atoms with van der Waals surface area (Å²) in [6.45, 7) is 2.09. The number of hydrogen-bond acceptors (Lipinski definition) is 6. The number of rotatable bonds is 8. The third kappa shape index (κ3) is 7.42. The molecule has 2 aliphatic carbocycles. The van der Waals surface area contributed by atoms with Crippen LogP contribution in [0.3, 0.4) is 0 Å². The second kappa shape index (κ2) is 11.5. The van der Waals surface area contributed by atoms with Crippen LogP contribution < -0.4 is 5.32 Å². The third-order valence-electron chi connectivity index (χ3n) is 7.14. The molecule has 0 aromatic heterocycles. The van der Waals surface area contributed by atoms with Crippen LogP contribution in [0.2, 0.25) is 0 Å². The van der Waals surface area contributed by atoms with Crippen LogP contribution in [0, 0.1) is 11.8 Å². The standard InChI is InChI=1S/C23H34F6N2O4/c1-13(32)31(11-14-7-16(22(24,25)26)10-17(8-14)23(27,28)29)21(33)15-3-4-18(9-15)30-19-5-6-35-12-20(19)34-2/h7,10,13-15,18-21,30,32-33H,3-6,8-9,11-12H2,1-2H3/t13?,14?,15-,18+,19?,20?,21?/m0/s1. The van der Waals surface area contributed by atoms with Crippen molar-refractivity contribution in [1.82, 2.24) is 10.2 Å². The van der Waals surface area contributed by atoms with Crippen LogP contribution in [0.25, 0.3) is 0 Å². The molecule has 0 amide bonds. The number of allylic oxidation sites excluding steroid dienone is 3. The van der Waals surface area contributed by atoms with Crippen molar-refractivity contribution >= 4 is 0 Å². The number of nitrogens with zero attached hydrogens (tertiary/aromatic N) is 1. The first kappa shape index (κ1) is 28.4. The highest BCUT2D eigenvalue weighted by atomic mass is 19.4. The maximum atomic E-state index is 13.3. The Morgan fingerprint density at radius 2 is 1.86 bits per heavy atom. The van der Waals surface area contributed by atoms with Crippen molar-refractivity contribution in [3.05, 3.63) is 23.3 Å². The topological polar surface area (TPSA) is 74.2 Å². The van der Waals surface area contributed by atoms with Crippen molar-refractivity contribution in [3.63, 3.8) is 0 Å². The van der Waals surface area contributed by atoms with Crippen molar-refractivity contribution in [2.75, 3.05) is 26.9 Å². The summed E-state index contributed by atoms with van der Waals surface area (Å²) in [5, 5.41) is 24.8. The van der Waals surface area contributed by atoms with Crippen LogP contribution in [0.15, 0.2) is 23.3 Å². The Bertz CT molecular complexity index is 770. The molecular formula is C23H34F6N2O4. The first-order valence-corrected chi connectivity index (χ1v) is 11.8. The molecule has 3 N–H and O–H groups in total. The highest BCUT2D eigenvalue weighted by Crippen LogP contribution is 2.41. The van der Waals surface area contributed by atoms with Gasteiger partial charge in [-0.3, -0.25) is 4.90 Å². The molecule has 0 aromatic carbocycles. The Labute approximate surface area is 200 Å². The minimum atomic E-state index is -4.93. The average molecular weight is 517 g/mol. The summed E-state index contributed by atoms with van der Waals surface area (Å²) in [7, 11) is 1.61. The lowest BCUT2D eigenvalue weighted by molar-refractivity contribution is -0.125. The van der Waals surface area contributed by atoms with E-state index in [1.54, 1.807) is 7.11 Å². The first-order valence-electron chi connectivity index (χ1n) is 11.8. The van der Waals surface area contributed by atoms with Crippen molar-refractivity contribution < 1.29 is 46.0 Å². The molecule has 5 unspecified atom stereocenters. The number of alkyl halides is 6. The SMILES string of the molecule is COC1COCCC1N[C@@H]1CC[C@H](C(O)N(CC2C=C(C(F)(F)F)C=C(C(F)(F)F)C2)C(C)O)C1. The number of ether oxygens (including phenoxy) is 2. The molecule has 0 aromatic rings. The fourth-order valence-electron chi connectivity index (χ4n) is 5.28. The molecule has 7 atom stereocenters. The molecule has 0 bridgehead atoms. The predicted octanol–water partition coefficient (Wildman–Crippen LogP) is 3.50. The van der Waals surface area contributed by atoms with Gasteiger partial charge in [0.2, 0.25) is 0 Å². The van der Waals surface area contributed by atoms with E-state index < -0.39 is 48.3 Å². The molecule has 1 aliphatic heterocycles. The Balaban J connectivity index is 1.66. The van der Waals surface area contributed by atoms with Crippen LogP contribution >= 0.6 is 0 Å². The van der Waals surface area contributed by atoms with Gasteiger partial charge in [-0.05, 0) is 51.0 Å². The van der Waals surface area contributed by atoms with Crippen molar-refractivity contribution in [1.29, 1.82) is 0 Å². The molecule has 0 radical (unpaired) electrons. The van der Waals surface area contributed by atoms with Gasteiger partial charge in [0.25, 0.3) is 0 Å². The minimum Gasteiger partial charge on any atom is -0.379 e. The van der Waals surface area contributed by atoms with E-state index in [1.807, 2.05) is 0 Å². The van der Waals surface area contributed by atoms with Gasteiger partial charge in [0.05, 0.1) is 18.3 Å². The Hall–Kier alpha value is -1.18. The summed E-state index contributed by atoms with van der Waals surface area (Å²) in [5.41, 5.74) is -2.64. The molecule has 202 valence electrons. The molecule has 35 heavy (non-hydrogen) atoms. The van der Waals surface area contributed by atoms with Gasteiger partial charge in [0, 0.05) is 43.8 Å². The summed E-state index contributed by atoms with van der Waals surface area (Å²) >= 11 is 0. The van der Waals surface area contributed by atoms with E-state index in [2.05, 4.69) is 5.32 Å². The summed E-state index contributed by atoms with van der Waals surface area (Å²) in [4.78, 5) is 1.19. The van der Waals surface area contributed by atoms with E-state index in [0.29, 0.717) is 26.1 Å². The van der Waals surface area contributed by atoms with Crippen LogP contribution in [0.5, 0.6) is 0 Å². The average Bonchev–Trinajstić information content (AvgIpc) is 3.24. The number of aliphatic hydroxyl groups is 2. The Morgan fingerprint density at radius 1 is 1.14 bits per heavy atom. The summed E-state index contributed by atoms with van der Waals surface area (Å²) in [6.07, 6.45) is -9.49. The van der Waals surface area contributed by atoms with Gasteiger partial charge in [-0.2, -0.15) is 26.3 Å². The maximum absolute atomic E-state index is 13.3. The molecule has 0 spiro atoms. The van der Waals surface area contributed by atoms with E-state index >= 15 is 0 Å². The summed E-state index contributed by atoms with van der Waals surface area (Å²) in [6, 6.07) is 0.153. The monoisotopic (exact) mass is 516 g/mol. The number of halogens is 6.